The van der Waals surface area contributed by atoms with Crippen LogP contribution in [0.15, 0.2) is 0 Å². The third-order valence-corrected chi connectivity index (χ3v) is 2.54. The maximum Gasteiger partial charge on any atom is 0.631 e. The van der Waals surface area contributed by atoms with Crippen LogP contribution in [0.3, 0.4) is 0 Å². The average Bonchev–Trinajstić information content (AvgIpc) is 2.57. The van der Waals surface area contributed by atoms with Crippen molar-refractivity contribution in [2.45, 2.75) is 11.8 Å². The SMILES string of the molecule is O=[N+]([O-])C(F)(CNc1nnc(NCC(F)([N+](=O)[O-])[N+](=O)[O-])nn1)[N+](=O)[O-]. The topological polar surface area (TPSA) is 248 Å². The lowest BCUT2D eigenvalue weighted by molar-refractivity contribution is -0.827. The molecule has 0 bridgehead atoms. The minimum Gasteiger partial charge on any atom is -0.335 e. The normalized spacial score (nSPS) is 11.5. The van der Waals surface area contributed by atoms with E-state index in [4.69, 9.17) is 0 Å². The Labute approximate surface area is 138 Å². The molecule has 1 heterocycles. The summed E-state index contributed by atoms with van der Waals surface area (Å²) in [6, 6.07) is 0. The van der Waals surface area contributed by atoms with Gasteiger partial charge in [0, 0.05) is 0 Å². The molecule has 0 saturated carbocycles. The molecule has 1 rings (SSSR count). The van der Waals surface area contributed by atoms with Crippen molar-refractivity contribution in [3.8, 4) is 0 Å². The Kier molecular flexibility index (Phi) is 5.60. The Bertz CT molecular complexity index is 640. The van der Waals surface area contributed by atoms with Crippen molar-refractivity contribution in [3.63, 3.8) is 0 Å². The number of halogens is 2. The van der Waals surface area contributed by atoms with Gasteiger partial charge in [0.05, 0.1) is 0 Å². The summed E-state index contributed by atoms with van der Waals surface area (Å²) < 4.78 is 26.9. The fraction of sp³-hybridized carbons (Fsp3) is 0.667. The molecule has 0 aliphatic heterocycles. The second kappa shape index (κ2) is 7.27. The van der Waals surface area contributed by atoms with Gasteiger partial charge in [-0.15, -0.1) is 20.4 Å². The van der Waals surface area contributed by atoms with Crippen molar-refractivity contribution in [1.29, 1.82) is 0 Å². The van der Waals surface area contributed by atoms with Gasteiger partial charge in [-0.05, 0) is 0 Å². The molecular weight excluding hydrogens is 378 g/mol. The van der Waals surface area contributed by atoms with Gasteiger partial charge in [0.2, 0.25) is 0 Å². The van der Waals surface area contributed by atoms with Crippen LogP contribution in [0.2, 0.25) is 0 Å². The van der Waals surface area contributed by atoms with Gasteiger partial charge in [0.1, 0.15) is 19.7 Å². The molecule has 0 fully saturated rings. The van der Waals surface area contributed by atoms with Crippen molar-refractivity contribution >= 4 is 11.9 Å². The average molecular weight is 384 g/mol. The molecule has 0 aliphatic carbocycles. The molecule has 1 aromatic heterocycles. The van der Waals surface area contributed by atoms with E-state index in [-0.39, 0.29) is 0 Å². The van der Waals surface area contributed by atoms with Gasteiger partial charge in [-0.25, -0.2) is 0 Å². The third kappa shape index (κ3) is 4.09. The van der Waals surface area contributed by atoms with Gasteiger partial charge in [-0.3, -0.25) is 40.5 Å². The highest BCUT2D eigenvalue weighted by Gasteiger charge is 2.58. The van der Waals surface area contributed by atoms with E-state index in [2.05, 4.69) is 20.4 Å². The third-order valence-electron chi connectivity index (χ3n) is 2.54. The minimum absolute atomic E-state index is 0.726. The van der Waals surface area contributed by atoms with Crippen molar-refractivity contribution < 1.29 is 28.5 Å². The first-order chi connectivity index (χ1) is 11.9. The fourth-order valence-electron chi connectivity index (χ4n) is 1.15. The molecule has 20 heteroatoms. The maximum atomic E-state index is 13.5. The quantitative estimate of drug-likeness (QED) is 0.200. The minimum atomic E-state index is -4.09. The second-order valence-electron chi connectivity index (χ2n) is 4.22. The highest BCUT2D eigenvalue weighted by molar-refractivity contribution is 5.25. The molecule has 0 spiro atoms. The molecule has 0 atom stereocenters. The molecule has 0 aromatic carbocycles. The summed E-state index contributed by atoms with van der Waals surface area (Å²) in [5, 5.41) is 57.4. The van der Waals surface area contributed by atoms with E-state index >= 15 is 0 Å². The first-order valence-electron chi connectivity index (χ1n) is 5.94. The van der Waals surface area contributed by atoms with Crippen LogP contribution < -0.4 is 10.6 Å². The summed E-state index contributed by atoms with van der Waals surface area (Å²) in [7, 11) is 0. The number of nitrogens with one attached hydrogen (secondary N) is 2. The Morgan fingerprint density at radius 3 is 1.12 bits per heavy atom. The van der Waals surface area contributed by atoms with Gasteiger partial charge in [0.25, 0.3) is 11.9 Å². The van der Waals surface area contributed by atoms with Crippen LogP contribution >= 0.6 is 0 Å². The summed E-state index contributed by atoms with van der Waals surface area (Å²) in [6.45, 7) is -3.00. The Hall–Kier alpha value is -4.00. The zero-order valence-electron chi connectivity index (χ0n) is 12.0. The molecule has 26 heavy (non-hydrogen) atoms. The Morgan fingerprint density at radius 1 is 0.692 bits per heavy atom. The standard InChI is InChI=1S/C6H6F2N10O8/c7-5(15(19)20,16(21)22)1-9-3-11-13-4(14-12-3)10-2-6(8,17(23)24)18(25)26/h1-2H2,(H,9,11,12)(H,10,13,14). The first-order valence-corrected chi connectivity index (χ1v) is 5.94. The van der Waals surface area contributed by atoms with Crippen molar-refractivity contribution in [2.24, 2.45) is 0 Å². The zero-order chi connectivity index (χ0) is 20.1. The number of anilines is 2. The van der Waals surface area contributed by atoms with E-state index in [0.717, 1.165) is 0 Å². The van der Waals surface area contributed by atoms with Crippen LogP contribution in [0.4, 0.5) is 20.7 Å². The molecule has 0 saturated heterocycles. The van der Waals surface area contributed by atoms with E-state index in [1.807, 2.05) is 0 Å². The van der Waals surface area contributed by atoms with Crippen LogP contribution in [0.25, 0.3) is 0 Å². The van der Waals surface area contributed by atoms with Gasteiger partial charge < -0.3 is 10.6 Å². The second-order valence-corrected chi connectivity index (χ2v) is 4.22. The predicted octanol–water partition coefficient (Wildman–Crippen LogP) is -1.56. The van der Waals surface area contributed by atoms with Crippen LogP contribution in [0.5, 0.6) is 0 Å². The molecular formula is C6H6F2N10O8. The Morgan fingerprint density at radius 2 is 0.923 bits per heavy atom. The molecule has 0 amide bonds. The predicted molar refractivity (Wildman–Crippen MR) is 70.3 cm³/mol. The van der Waals surface area contributed by atoms with Crippen molar-refractivity contribution in [3.05, 3.63) is 40.5 Å². The zero-order valence-corrected chi connectivity index (χ0v) is 12.0. The maximum absolute atomic E-state index is 13.5. The molecule has 0 unspecified atom stereocenters. The smallest absolute Gasteiger partial charge is 0.335 e. The fourth-order valence-corrected chi connectivity index (χ4v) is 1.15. The van der Waals surface area contributed by atoms with E-state index in [0.29, 0.717) is 0 Å². The van der Waals surface area contributed by atoms with Crippen LogP contribution in [0, 0.1) is 40.5 Å². The summed E-state index contributed by atoms with van der Waals surface area (Å²) >= 11 is 0. The number of hydrogen-bond acceptors (Lipinski definition) is 14. The summed E-state index contributed by atoms with van der Waals surface area (Å²) in [4.78, 5) is 34.1. The highest BCUT2D eigenvalue weighted by Crippen LogP contribution is 2.15. The molecule has 142 valence electrons. The van der Waals surface area contributed by atoms with Crippen molar-refractivity contribution in [1.82, 2.24) is 20.4 Å². The van der Waals surface area contributed by atoms with Gasteiger partial charge in [-0.2, -0.15) is 0 Å². The highest BCUT2D eigenvalue weighted by atomic mass is 19.2. The lowest BCUT2D eigenvalue weighted by Gasteiger charge is -2.09. The monoisotopic (exact) mass is 384 g/mol. The number of nitro groups is 4. The van der Waals surface area contributed by atoms with Crippen LogP contribution in [-0.2, 0) is 0 Å². The largest absolute Gasteiger partial charge is 0.631 e. The van der Waals surface area contributed by atoms with Gasteiger partial charge in [-0.1, -0.05) is 8.78 Å². The summed E-state index contributed by atoms with van der Waals surface area (Å²) in [5.74, 6) is -9.63. The number of alkyl halides is 2. The van der Waals surface area contributed by atoms with Crippen molar-refractivity contribution in [2.75, 3.05) is 23.7 Å². The number of aromatic nitrogens is 4. The lowest BCUT2D eigenvalue weighted by Crippen LogP contribution is -2.48. The molecule has 18 nitrogen and oxygen atoms in total. The molecule has 0 radical (unpaired) electrons. The van der Waals surface area contributed by atoms with Gasteiger partial charge in [0.15, 0.2) is 13.1 Å². The summed E-state index contributed by atoms with van der Waals surface area (Å²) in [6.07, 6.45) is 0. The number of rotatable bonds is 10. The van der Waals surface area contributed by atoms with E-state index in [1.165, 1.54) is 0 Å². The molecule has 0 aliphatic rings. The first kappa shape index (κ1) is 20.0. The Balaban J connectivity index is 2.75. The van der Waals surface area contributed by atoms with Gasteiger partial charge >= 0.3 is 11.8 Å². The lowest BCUT2D eigenvalue weighted by atomic mass is 10.4. The van der Waals surface area contributed by atoms with E-state index in [1.54, 1.807) is 10.6 Å². The van der Waals surface area contributed by atoms with E-state index in [9.17, 15) is 49.2 Å². The van der Waals surface area contributed by atoms with Crippen LogP contribution in [0.1, 0.15) is 0 Å². The number of nitrogens with zero attached hydrogens (tertiary/aromatic N) is 8. The number of hydrogen-bond donors (Lipinski definition) is 2. The molecule has 1 aromatic rings. The molecule has 2 N–H and O–H groups in total. The van der Waals surface area contributed by atoms with E-state index < -0.39 is 56.5 Å². The van der Waals surface area contributed by atoms with Crippen LogP contribution in [-0.4, -0.2) is 65.0 Å². The summed E-state index contributed by atoms with van der Waals surface area (Å²) in [5.41, 5.74) is 0.